The Morgan fingerprint density at radius 2 is 1.73 bits per heavy atom. The first kappa shape index (κ1) is 16.3. The van der Waals surface area contributed by atoms with E-state index in [1.54, 1.807) is 37.4 Å². The lowest BCUT2D eigenvalue weighted by atomic mass is 10.2. The van der Waals surface area contributed by atoms with Gasteiger partial charge in [-0.25, -0.2) is 13.1 Å². The number of rotatable bonds is 7. The summed E-state index contributed by atoms with van der Waals surface area (Å²) >= 11 is 0. The van der Waals surface area contributed by atoms with Crippen molar-refractivity contribution in [3.63, 3.8) is 0 Å². The molecule has 2 rings (SSSR count). The number of hydrogen-bond donors (Lipinski definition) is 1. The summed E-state index contributed by atoms with van der Waals surface area (Å²) < 4.78 is 37.2. The molecule has 0 unspecified atom stereocenters. The van der Waals surface area contributed by atoms with E-state index in [0.717, 1.165) is 11.1 Å². The monoisotopic (exact) mass is 321 g/mol. The SMILES string of the molecule is COc1ccc(CNS(=O)(=O)Cc2ccccc2)c(OC)c1. The van der Waals surface area contributed by atoms with E-state index < -0.39 is 10.0 Å². The zero-order valence-electron chi connectivity index (χ0n) is 12.6. The minimum atomic E-state index is -3.41. The Labute approximate surface area is 130 Å². The van der Waals surface area contributed by atoms with E-state index in [9.17, 15) is 8.42 Å². The number of hydrogen-bond acceptors (Lipinski definition) is 4. The van der Waals surface area contributed by atoms with E-state index in [4.69, 9.17) is 9.47 Å². The third-order valence-electron chi connectivity index (χ3n) is 3.18. The standard InChI is InChI=1S/C16H19NO4S/c1-20-15-9-8-14(16(10-15)21-2)11-17-22(18,19)12-13-6-4-3-5-7-13/h3-10,17H,11-12H2,1-2H3. The van der Waals surface area contributed by atoms with Crippen LogP contribution in [0, 0.1) is 0 Å². The third kappa shape index (κ3) is 4.47. The van der Waals surface area contributed by atoms with Gasteiger partial charge in [-0.3, -0.25) is 0 Å². The normalized spacial score (nSPS) is 11.2. The molecule has 0 saturated heterocycles. The quantitative estimate of drug-likeness (QED) is 0.850. The maximum Gasteiger partial charge on any atom is 0.216 e. The Hall–Kier alpha value is -2.05. The number of benzene rings is 2. The van der Waals surface area contributed by atoms with Crippen LogP contribution in [0.2, 0.25) is 0 Å². The molecule has 0 spiro atoms. The van der Waals surface area contributed by atoms with Crippen LogP contribution < -0.4 is 14.2 Å². The van der Waals surface area contributed by atoms with Gasteiger partial charge in [-0.2, -0.15) is 0 Å². The maximum absolute atomic E-state index is 12.1. The lowest BCUT2D eigenvalue weighted by molar-refractivity contribution is 0.390. The highest BCUT2D eigenvalue weighted by Gasteiger charge is 2.13. The third-order valence-corrected chi connectivity index (χ3v) is 4.47. The van der Waals surface area contributed by atoms with Crippen molar-refractivity contribution in [1.29, 1.82) is 0 Å². The summed E-state index contributed by atoms with van der Waals surface area (Å²) in [7, 11) is -0.305. The molecule has 0 aromatic heterocycles. The molecule has 0 aliphatic carbocycles. The van der Waals surface area contributed by atoms with Gasteiger partial charge < -0.3 is 9.47 Å². The van der Waals surface area contributed by atoms with Crippen LogP contribution in [0.1, 0.15) is 11.1 Å². The molecule has 0 bridgehead atoms. The first-order valence-corrected chi connectivity index (χ1v) is 8.41. The molecule has 6 heteroatoms. The Morgan fingerprint density at radius 3 is 2.36 bits per heavy atom. The number of sulfonamides is 1. The van der Waals surface area contributed by atoms with Crippen molar-refractivity contribution in [2.45, 2.75) is 12.3 Å². The second-order valence-electron chi connectivity index (χ2n) is 4.74. The largest absolute Gasteiger partial charge is 0.497 e. The Bertz CT molecular complexity index is 714. The summed E-state index contributed by atoms with van der Waals surface area (Å²) in [5, 5.41) is 0. The minimum absolute atomic E-state index is 0.0493. The Kier molecular flexibility index (Phi) is 5.41. The fraction of sp³-hybridized carbons (Fsp3) is 0.250. The van der Waals surface area contributed by atoms with Crippen LogP contribution >= 0.6 is 0 Å². The van der Waals surface area contributed by atoms with E-state index in [0.29, 0.717) is 11.5 Å². The molecule has 0 fully saturated rings. The molecule has 5 nitrogen and oxygen atoms in total. The van der Waals surface area contributed by atoms with Gasteiger partial charge in [0.1, 0.15) is 11.5 Å². The zero-order chi connectivity index (χ0) is 16.0. The first-order chi connectivity index (χ1) is 10.5. The topological polar surface area (TPSA) is 64.6 Å². The molecule has 0 radical (unpaired) electrons. The molecule has 0 saturated carbocycles. The van der Waals surface area contributed by atoms with Crippen LogP contribution in [-0.4, -0.2) is 22.6 Å². The highest BCUT2D eigenvalue weighted by atomic mass is 32.2. The summed E-state index contributed by atoms with van der Waals surface area (Å²) in [5.41, 5.74) is 1.50. The van der Waals surface area contributed by atoms with Crippen molar-refractivity contribution in [3.8, 4) is 11.5 Å². The second kappa shape index (κ2) is 7.29. The predicted octanol–water partition coefficient (Wildman–Crippen LogP) is 2.32. The summed E-state index contributed by atoms with van der Waals surface area (Å²) in [6.07, 6.45) is 0. The van der Waals surface area contributed by atoms with Gasteiger partial charge in [0, 0.05) is 18.2 Å². The molecule has 0 aliphatic heterocycles. The number of methoxy groups -OCH3 is 2. The van der Waals surface area contributed by atoms with Gasteiger partial charge in [0.25, 0.3) is 0 Å². The smallest absolute Gasteiger partial charge is 0.216 e. The highest BCUT2D eigenvalue weighted by molar-refractivity contribution is 7.88. The van der Waals surface area contributed by atoms with Crippen molar-refractivity contribution < 1.29 is 17.9 Å². The molecular formula is C16H19NO4S. The summed E-state index contributed by atoms with van der Waals surface area (Å²) in [4.78, 5) is 0. The second-order valence-corrected chi connectivity index (χ2v) is 6.55. The van der Waals surface area contributed by atoms with Gasteiger partial charge in [0.15, 0.2) is 0 Å². The molecule has 0 aliphatic rings. The average Bonchev–Trinajstić information content (AvgIpc) is 2.53. The molecule has 0 heterocycles. The van der Waals surface area contributed by atoms with Gasteiger partial charge >= 0.3 is 0 Å². The van der Waals surface area contributed by atoms with Crippen molar-refractivity contribution in [3.05, 3.63) is 59.7 Å². The lowest BCUT2D eigenvalue weighted by Crippen LogP contribution is -2.24. The average molecular weight is 321 g/mol. The number of nitrogens with one attached hydrogen (secondary N) is 1. The minimum Gasteiger partial charge on any atom is -0.497 e. The van der Waals surface area contributed by atoms with Crippen LogP contribution in [-0.2, 0) is 22.3 Å². The molecule has 2 aromatic rings. The highest BCUT2D eigenvalue weighted by Crippen LogP contribution is 2.24. The van der Waals surface area contributed by atoms with E-state index in [-0.39, 0.29) is 12.3 Å². The Morgan fingerprint density at radius 1 is 1.00 bits per heavy atom. The predicted molar refractivity (Wildman–Crippen MR) is 85.5 cm³/mol. The molecule has 22 heavy (non-hydrogen) atoms. The lowest BCUT2D eigenvalue weighted by Gasteiger charge is -2.11. The maximum atomic E-state index is 12.1. The zero-order valence-corrected chi connectivity index (χ0v) is 13.4. The van der Waals surface area contributed by atoms with Crippen molar-refractivity contribution >= 4 is 10.0 Å². The van der Waals surface area contributed by atoms with Crippen molar-refractivity contribution in [2.75, 3.05) is 14.2 Å². The van der Waals surface area contributed by atoms with Gasteiger partial charge in [0.2, 0.25) is 10.0 Å². The molecule has 118 valence electrons. The van der Waals surface area contributed by atoms with E-state index in [1.165, 1.54) is 7.11 Å². The molecule has 0 atom stereocenters. The van der Waals surface area contributed by atoms with E-state index >= 15 is 0 Å². The van der Waals surface area contributed by atoms with Gasteiger partial charge in [0.05, 0.1) is 20.0 Å². The van der Waals surface area contributed by atoms with Crippen LogP contribution in [0.3, 0.4) is 0 Å². The van der Waals surface area contributed by atoms with E-state index in [1.807, 2.05) is 18.2 Å². The van der Waals surface area contributed by atoms with Crippen LogP contribution in [0.5, 0.6) is 11.5 Å². The van der Waals surface area contributed by atoms with Gasteiger partial charge in [-0.1, -0.05) is 36.4 Å². The fourth-order valence-electron chi connectivity index (χ4n) is 2.03. The van der Waals surface area contributed by atoms with Crippen LogP contribution in [0.25, 0.3) is 0 Å². The first-order valence-electron chi connectivity index (χ1n) is 6.76. The van der Waals surface area contributed by atoms with Crippen LogP contribution in [0.4, 0.5) is 0 Å². The number of ether oxygens (including phenoxy) is 2. The Balaban J connectivity index is 2.06. The van der Waals surface area contributed by atoms with Crippen molar-refractivity contribution in [2.24, 2.45) is 0 Å². The van der Waals surface area contributed by atoms with Crippen LogP contribution in [0.15, 0.2) is 48.5 Å². The summed E-state index contributed by atoms with van der Waals surface area (Å²) in [5.74, 6) is 1.20. The molecular weight excluding hydrogens is 302 g/mol. The van der Waals surface area contributed by atoms with Gasteiger partial charge in [-0.15, -0.1) is 0 Å². The van der Waals surface area contributed by atoms with Crippen molar-refractivity contribution in [1.82, 2.24) is 4.72 Å². The molecule has 1 N–H and O–H groups in total. The fourth-order valence-corrected chi connectivity index (χ4v) is 3.14. The molecule has 2 aromatic carbocycles. The molecule has 0 amide bonds. The summed E-state index contributed by atoms with van der Waals surface area (Å²) in [6.45, 7) is 0.169. The van der Waals surface area contributed by atoms with E-state index in [2.05, 4.69) is 4.72 Å². The summed E-state index contributed by atoms with van der Waals surface area (Å²) in [6, 6.07) is 14.3. The van der Waals surface area contributed by atoms with Gasteiger partial charge in [-0.05, 0) is 11.6 Å².